The summed E-state index contributed by atoms with van der Waals surface area (Å²) in [7, 11) is 0. The van der Waals surface area contributed by atoms with Gasteiger partial charge in [0, 0.05) is 0 Å². The topological polar surface area (TPSA) is 38.9 Å². The quantitative estimate of drug-likeness (QED) is 0.807. The molecule has 0 radical (unpaired) electrons. The third-order valence-electron chi connectivity index (χ3n) is 1.86. The molecule has 1 aromatic heterocycles. The molecule has 84 valence electrons. The van der Waals surface area contributed by atoms with Crippen molar-refractivity contribution in [3.05, 3.63) is 34.6 Å². The first-order valence-electron chi connectivity index (χ1n) is 4.14. The van der Waals surface area contributed by atoms with Gasteiger partial charge in [0.15, 0.2) is 0 Å². The van der Waals surface area contributed by atoms with E-state index in [1.165, 1.54) is 18.2 Å². The molecule has 0 fully saturated rings. The molecule has 0 bridgehead atoms. The molecule has 0 aliphatic carbocycles. The molecular weight excluding hydrogens is 289 g/mol. The van der Waals surface area contributed by atoms with E-state index < -0.39 is 11.7 Å². The van der Waals surface area contributed by atoms with Gasteiger partial charge < -0.3 is 4.52 Å². The van der Waals surface area contributed by atoms with E-state index in [4.69, 9.17) is 0 Å². The van der Waals surface area contributed by atoms with Crippen LogP contribution in [0.25, 0.3) is 11.5 Å². The fourth-order valence-corrected chi connectivity index (χ4v) is 1.47. The lowest BCUT2D eigenvalue weighted by Gasteiger charge is -2.09. The van der Waals surface area contributed by atoms with Gasteiger partial charge in [0.1, 0.15) is 0 Å². The third kappa shape index (κ3) is 2.08. The molecule has 0 aliphatic rings. The maximum atomic E-state index is 12.6. The number of benzene rings is 1. The first-order valence-corrected chi connectivity index (χ1v) is 4.93. The molecule has 0 amide bonds. The van der Waals surface area contributed by atoms with Crippen LogP contribution in [-0.4, -0.2) is 10.1 Å². The van der Waals surface area contributed by atoms with Gasteiger partial charge in [-0.3, -0.25) is 0 Å². The molecule has 7 heteroatoms. The SMILES string of the molecule is FC(F)(F)c1ccccc1-c1nc(Br)no1. The van der Waals surface area contributed by atoms with Crippen LogP contribution in [0.5, 0.6) is 0 Å². The minimum Gasteiger partial charge on any atom is -0.333 e. The second kappa shape index (κ2) is 3.89. The van der Waals surface area contributed by atoms with Gasteiger partial charge in [0.05, 0.1) is 11.1 Å². The largest absolute Gasteiger partial charge is 0.417 e. The van der Waals surface area contributed by atoms with Crippen molar-refractivity contribution >= 4 is 15.9 Å². The zero-order valence-electron chi connectivity index (χ0n) is 7.62. The summed E-state index contributed by atoms with van der Waals surface area (Å²) < 4.78 is 42.7. The van der Waals surface area contributed by atoms with Crippen LogP contribution < -0.4 is 0 Å². The summed E-state index contributed by atoms with van der Waals surface area (Å²) >= 11 is 2.91. The Morgan fingerprint density at radius 3 is 2.44 bits per heavy atom. The Morgan fingerprint density at radius 1 is 1.19 bits per heavy atom. The smallest absolute Gasteiger partial charge is 0.333 e. The first kappa shape index (κ1) is 11.1. The van der Waals surface area contributed by atoms with E-state index >= 15 is 0 Å². The molecule has 1 heterocycles. The molecule has 16 heavy (non-hydrogen) atoms. The number of halogens is 4. The lowest BCUT2D eigenvalue weighted by Crippen LogP contribution is -2.06. The van der Waals surface area contributed by atoms with Gasteiger partial charge >= 0.3 is 6.18 Å². The predicted molar refractivity (Wildman–Crippen MR) is 52.4 cm³/mol. The second-order valence-electron chi connectivity index (χ2n) is 2.91. The highest BCUT2D eigenvalue weighted by atomic mass is 79.9. The average Bonchev–Trinajstić information content (AvgIpc) is 2.64. The van der Waals surface area contributed by atoms with Crippen LogP contribution >= 0.6 is 15.9 Å². The van der Waals surface area contributed by atoms with Crippen molar-refractivity contribution < 1.29 is 17.7 Å². The molecule has 2 rings (SSSR count). The molecule has 2 aromatic rings. The highest BCUT2D eigenvalue weighted by Gasteiger charge is 2.34. The summed E-state index contributed by atoms with van der Waals surface area (Å²) in [5.41, 5.74) is -0.931. The number of alkyl halides is 3. The molecule has 0 unspecified atom stereocenters. The van der Waals surface area contributed by atoms with Gasteiger partial charge in [-0.05, 0) is 33.2 Å². The maximum absolute atomic E-state index is 12.6. The number of hydrogen-bond donors (Lipinski definition) is 0. The third-order valence-corrected chi connectivity index (χ3v) is 2.19. The molecule has 0 aliphatic heterocycles. The molecular formula is C9H4BrF3N2O. The summed E-state index contributed by atoms with van der Waals surface area (Å²) in [5.74, 6) is -0.167. The van der Waals surface area contributed by atoms with E-state index in [0.29, 0.717) is 0 Å². The van der Waals surface area contributed by atoms with Gasteiger partial charge in [-0.15, -0.1) is 0 Å². The molecule has 1 aromatic carbocycles. The van der Waals surface area contributed by atoms with Crippen LogP contribution in [0.2, 0.25) is 0 Å². The molecule has 0 atom stereocenters. The Morgan fingerprint density at radius 2 is 1.88 bits per heavy atom. The standard InChI is InChI=1S/C9H4BrF3N2O/c10-8-14-7(16-15-8)5-3-1-2-4-6(5)9(11,12)13/h1-4H. The van der Waals surface area contributed by atoms with E-state index in [-0.39, 0.29) is 16.2 Å². The zero-order chi connectivity index (χ0) is 11.8. The van der Waals surface area contributed by atoms with Crippen molar-refractivity contribution in [2.24, 2.45) is 0 Å². The van der Waals surface area contributed by atoms with Crippen LogP contribution in [0.3, 0.4) is 0 Å². The van der Waals surface area contributed by atoms with Crippen LogP contribution in [0, 0.1) is 0 Å². The van der Waals surface area contributed by atoms with Crippen molar-refractivity contribution in [2.75, 3.05) is 0 Å². The van der Waals surface area contributed by atoms with Crippen LogP contribution in [-0.2, 0) is 6.18 Å². The van der Waals surface area contributed by atoms with Crippen molar-refractivity contribution in [3.63, 3.8) is 0 Å². The van der Waals surface area contributed by atoms with E-state index in [2.05, 4.69) is 30.6 Å². The van der Waals surface area contributed by atoms with E-state index in [1.54, 1.807) is 0 Å². The Hall–Kier alpha value is -1.37. The molecule has 3 nitrogen and oxygen atoms in total. The van der Waals surface area contributed by atoms with Crippen LogP contribution in [0.4, 0.5) is 13.2 Å². The monoisotopic (exact) mass is 292 g/mol. The number of aromatic nitrogens is 2. The summed E-state index contributed by atoms with van der Waals surface area (Å²) in [6, 6.07) is 5.02. The first-order chi connectivity index (χ1) is 7.48. The van der Waals surface area contributed by atoms with Gasteiger partial charge in [0.25, 0.3) is 5.89 Å². The van der Waals surface area contributed by atoms with Gasteiger partial charge in [-0.2, -0.15) is 18.2 Å². The van der Waals surface area contributed by atoms with E-state index in [0.717, 1.165) is 6.07 Å². The number of nitrogens with zero attached hydrogens (tertiary/aromatic N) is 2. The second-order valence-corrected chi connectivity index (χ2v) is 3.62. The predicted octanol–water partition coefficient (Wildman–Crippen LogP) is 3.52. The van der Waals surface area contributed by atoms with E-state index in [1.807, 2.05) is 0 Å². The van der Waals surface area contributed by atoms with Crippen LogP contribution in [0.15, 0.2) is 33.5 Å². The molecule has 0 spiro atoms. The van der Waals surface area contributed by atoms with Crippen molar-refractivity contribution in [3.8, 4) is 11.5 Å². The van der Waals surface area contributed by atoms with Gasteiger partial charge in [-0.25, -0.2) is 0 Å². The Kier molecular flexibility index (Phi) is 2.71. The normalized spacial score (nSPS) is 11.8. The lowest BCUT2D eigenvalue weighted by atomic mass is 10.1. The Bertz CT molecular complexity index is 509. The minimum absolute atomic E-state index is 0.111. The maximum Gasteiger partial charge on any atom is 0.417 e. The molecule has 0 saturated carbocycles. The lowest BCUT2D eigenvalue weighted by molar-refractivity contribution is -0.137. The van der Waals surface area contributed by atoms with E-state index in [9.17, 15) is 13.2 Å². The zero-order valence-corrected chi connectivity index (χ0v) is 9.21. The van der Waals surface area contributed by atoms with Gasteiger partial charge in [0.2, 0.25) is 4.73 Å². The fraction of sp³-hybridized carbons (Fsp3) is 0.111. The Labute approximate surface area is 96.4 Å². The van der Waals surface area contributed by atoms with Crippen molar-refractivity contribution in [1.29, 1.82) is 0 Å². The highest BCUT2D eigenvalue weighted by molar-refractivity contribution is 9.10. The number of rotatable bonds is 1. The summed E-state index contributed by atoms with van der Waals surface area (Å²) in [6.45, 7) is 0. The highest BCUT2D eigenvalue weighted by Crippen LogP contribution is 2.36. The summed E-state index contributed by atoms with van der Waals surface area (Å²) in [4.78, 5) is 3.69. The fourth-order valence-electron chi connectivity index (χ4n) is 1.23. The summed E-state index contributed by atoms with van der Waals surface area (Å²) in [6.07, 6.45) is -4.45. The summed E-state index contributed by atoms with van der Waals surface area (Å²) in [5, 5.41) is 3.38. The van der Waals surface area contributed by atoms with Crippen molar-refractivity contribution in [1.82, 2.24) is 10.1 Å². The average molecular weight is 293 g/mol. The minimum atomic E-state index is -4.45. The molecule has 0 saturated heterocycles. The van der Waals surface area contributed by atoms with Crippen LogP contribution in [0.1, 0.15) is 5.56 Å². The Balaban J connectivity index is 2.57. The van der Waals surface area contributed by atoms with Crippen molar-refractivity contribution in [2.45, 2.75) is 6.18 Å². The van der Waals surface area contributed by atoms with Gasteiger partial charge in [-0.1, -0.05) is 12.1 Å². The molecule has 0 N–H and O–H groups in total. The number of hydrogen-bond acceptors (Lipinski definition) is 3.